The van der Waals surface area contributed by atoms with Crippen LogP contribution in [0.1, 0.15) is 5.56 Å². The molecular weight excluding hydrogens is 597 g/mol. The quantitative estimate of drug-likeness (QED) is 0.180. The normalized spacial score (nSPS) is 15.2. The van der Waals surface area contributed by atoms with Gasteiger partial charge in [0.1, 0.15) is 6.04 Å². The first-order valence-electron chi connectivity index (χ1n) is 16.6. The highest BCUT2D eigenvalue weighted by molar-refractivity contribution is 6.33. The Hall–Kier alpha value is -6.52. The van der Waals surface area contributed by atoms with Crippen molar-refractivity contribution < 1.29 is 0 Å². The fraction of sp³-hybridized carbons (Fsp3) is 0.0222. The topological polar surface area (TPSA) is 50.0 Å². The number of hydrogen-bond donors (Lipinski definition) is 0. The smallest absolute Gasteiger partial charge is 0.159 e. The Morgan fingerprint density at radius 3 is 1.82 bits per heavy atom. The van der Waals surface area contributed by atoms with Crippen LogP contribution in [0.25, 0.3) is 76.6 Å². The summed E-state index contributed by atoms with van der Waals surface area (Å²) in [5.41, 5.74) is 9.03. The summed E-state index contributed by atoms with van der Waals surface area (Å²) < 4.78 is 0. The molecule has 1 aromatic heterocycles. The monoisotopic (exact) mass is 624 g/mol. The first kappa shape index (κ1) is 27.6. The van der Waals surface area contributed by atoms with Gasteiger partial charge in [-0.3, -0.25) is 9.98 Å². The van der Waals surface area contributed by atoms with E-state index in [1.165, 1.54) is 60.3 Å². The molecule has 0 spiro atoms. The van der Waals surface area contributed by atoms with E-state index in [-0.39, 0.29) is 6.04 Å². The van der Waals surface area contributed by atoms with Gasteiger partial charge >= 0.3 is 0 Å². The molecule has 0 amide bonds. The molecule has 7 aromatic carbocycles. The Balaban J connectivity index is 1.28. The van der Waals surface area contributed by atoms with Crippen molar-refractivity contribution in [1.82, 2.24) is 4.98 Å². The minimum Gasteiger partial charge on any atom is -0.255 e. The third-order valence-electron chi connectivity index (χ3n) is 9.72. The maximum atomic E-state index is 5.09. The molecule has 0 N–H and O–H groups in total. The summed E-state index contributed by atoms with van der Waals surface area (Å²) in [6.45, 7) is 0. The molecule has 2 aliphatic rings. The van der Waals surface area contributed by atoms with Crippen LogP contribution in [0.2, 0.25) is 0 Å². The van der Waals surface area contributed by atoms with Crippen molar-refractivity contribution in [2.24, 2.45) is 15.0 Å². The van der Waals surface area contributed by atoms with E-state index in [9.17, 15) is 0 Å². The molecular formula is C45H28N4. The molecule has 2 aliphatic heterocycles. The van der Waals surface area contributed by atoms with Gasteiger partial charge in [-0.1, -0.05) is 115 Å². The van der Waals surface area contributed by atoms with Crippen molar-refractivity contribution in [2.75, 3.05) is 0 Å². The third-order valence-corrected chi connectivity index (χ3v) is 9.72. The number of dihydropyridines is 1. The van der Waals surface area contributed by atoms with E-state index in [2.05, 4.69) is 145 Å². The van der Waals surface area contributed by atoms with Crippen molar-refractivity contribution in [1.29, 1.82) is 0 Å². The number of hydrogen-bond acceptors (Lipinski definition) is 4. The van der Waals surface area contributed by atoms with Crippen LogP contribution in [-0.2, 0) is 0 Å². The lowest BCUT2D eigenvalue weighted by Crippen LogP contribution is -2.12. The predicted molar refractivity (Wildman–Crippen MR) is 206 cm³/mol. The summed E-state index contributed by atoms with van der Waals surface area (Å²) in [5, 5.41) is 8.18. The molecule has 228 valence electrons. The molecule has 1 unspecified atom stereocenters. The highest BCUT2D eigenvalue weighted by Crippen LogP contribution is 2.44. The molecule has 8 aromatic rings. The van der Waals surface area contributed by atoms with Gasteiger partial charge in [0, 0.05) is 28.7 Å². The first-order chi connectivity index (χ1) is 24.3. The van der Waals surface area contributed by atoms with Crippen molar-refractivity contribution >= 4 is 61.1 Å². The van der Waals surface area contributed by atoms with Gasteiger partial charge in [-0.25, -0.2) is 9.98 Å². The summed E-state index contributed by atoms with van der Waals surface area (Å²) >= 11 is 0. The Kier molecular flexibility index (Phi) is 6.21. The number of pyridine rings is 1. The Labute approximate surface area is 283 Å². The zero-order valence-corrected chi connectivity index (χ0v) is 26.5. The number of rotatable bonds is 4. The fourth-order valence-corrected chi connectivity index (χ4v) is 7.45. The minimum atomic E-state index is -0.139. The molecule has 10 rings (SSSR count). The van der Waals surface area contributed by atoms with Gasteiger partial charge in [-0.05, 0) is 96.7 Å². The number of aromatic nitrogens is 1. The van der Waals surface area contributed by atoms with Crippen LogP contribution in [0.5, 0.6) is 0 Å². The van der Waals surface area contributed by atoms with E-state index in [1.54, 1.807) is 6.21 Å². The molecule has 0 saturated heterocycles. The second kappa shape index (κ2) is 11.0. The highest BCUT2D eigenvalue weighted by Gasteiger charge is 2.23. The summed E-state index contributed by atoms with van der Waals surface area (Å²) in [5.74, 6) is 1.40. The lowest BCUT2D eigenvalue weighted by molar-refractivity contribution is 1.09. The van der Waals surface area contributed by atoms with E-state index in [0.29, 0.717) is 5.84 Å². The Morgan fingerprint density at radius 1 is 0.469 bits per heavy atom. The molecule has 49 heavy (non-hydrogen) atoms. The summed E-state index contributed by atoms with van der Waals surface area (Å²) in [4.78, 5) is 19.2. The van der Waals surface area contributed by atoms with Gasteiger partial charge in [-0.15, -0.1) is 0 Å². The fourth-order valence-electron chi connectivity index (χ4n) is 7.45. The average Bonchev–Trinajstić information content (AvgIpc) is 3.62. The lowest BCUT2D eigenvalue weighted by Gasteiger charge is -2.17. The number of amidine groups is 2. The number of aliphatic imine (C=N–C) groups is 3. The average molecular weight is 625 g/mol. The summed E-state index contributed by atoms with van der Waals surface area (Å²) in [6, 6.07) is 50.2. The number of fused-ring (bicyclic) bond motifs is 9. The maximum Gasteiger partial charge on any atom is 0.159 e. The van der Waals surface area contributed by atoms with Crippen molar-refractivity contribution in [3.63, 3.8) is 0 Å². The Morgan fingerprint density at radius 2 is 1.10 bits per heavy atom. The zero-order valence-electron chi connectivity index (χ0n) is 26.5. The lowest BCUT2D eigenvalue weighted by atomic mass is 9.86. The van der Waals surface area contributed by atoms with Crippen LogP contribution in [0.4, 0.5) is 0 Å². The van der Waals surface area contributed by atoms with E-state index in [4.69, 9.17) is 15.0 Å². The first-order valence-corrected chi connectivity index (χ1v) is 16.6. The van der Waals surface area contributed by atoms with Crippen LogP contribution in [0, 0.1) is 0 Å². The van der Waals surface area contributed by atoms with E-state index in [0.717, 1.165) is 27.7 Å². The molecule has 0 fully saturated rings. The van der Waals surface area contributed by atoms with Gasteiger partial charge in [0.2, 0.25) is 0 Å². The van der Waals surface area contributed by atoms with Crippen molar-refractivity contribution in [2.45, 2.75) is 6.04 Å². The molecule has 0 radical (unpaired) electrons. The maximum absolute atomic E-state index is 5.09. The number of allylic oxidation sites excluding steroid dienone is 1. The van der Waals surface area contributed by atoms with Crippen LogP contribution >= 0.6 is 0 Å². The molecule has 1 atom stereocenters. The Bertz CT molecular complexity index is 2700. The van der Waals surface area contributed by atoms with Crippen molar-refractivity contribution in [3.8, 4) is 33.4 Å². The molecule has 4 heteroatoms. The van der Waals surface area contributed by atoms with Gasteiger partial charge in [-0.2, -0.15) is 0 Å². The van der Waals surface area contributed by atoms with Crippen LogP contribution < -0.4 is 0 Å². The second-order valence-electron chi connectivity index (χ2n) is 12.6. The third kappa shape index (κ3) is 4.53. The summed E-state index contributed by atoms with van der Waals surface area (Å²) in [6.07, 6.45) is 7.64. The summed E-state index contributed by atoms with van der Waals surface area (Å²) in [7, 11) is 0. The molecule has 0 saturated carbocycles. The minimum absolute atomic E-state index is 0.139. The number of nitrogens with zero attached hydrogens (tertiary/aromatic N) is 4. The van der Waals surface area contributed by atoms with Crippen molar-refractivity contribution in [3.05, 3.63) is 163 Å². The van der Waals surface area contributed by atoms with E-state index in [1.807, 2.05) is 18.3 Å². The largest absolute Gasteiger partial charge is 0.255 e. The van der Waals surface area contributed by atoms with E-state index >= 15 is 0 Å². The van der Waals surface area contributed by atoms with Crippen LogP contribution in [0.15, 0.2) is 173 Å². The molecule has 4 nitrogen and oxygen atoms in total. The number of benzene rings is 7. The SMILES string of the molecule is C1=CC2N=C(c3cnc4c5ccccc5c5cc(-c6cc(-c7ccccc7)cc(-c7ccccc7)c6)c6ccccc6c5c4c3)N=C2N=C1. The molecule has 3 heterocycles. The zero-order chi connectivity index (χ0) is 32.3. The van der Waals surface area contributed by atoms with Gasteiger partial charge < -0.3 is 0 Å². The van der Waals surface area contributed by atoms with Crippen LogP contribution in [0.3, 0.4) is 0 Å². The molecule has 0 bridgehead atoms. The predicted octanol–water partition coefficient (Wildman–Crippen LogP) is 10.9. The van der Waals surface area contributed by atoms with Crippen LogP contribution in [-0.4, -0.2) is 28.9 Å². The van der Waals surface area contributed by atoms with Gasteiger partial charge in [0.25, 0.3) is 0 Å². The second-order valence-corrected chi connectivity index (χ2v) is 12.6. The van der Waals surface area contributed by atoms with E-state index < -0.39 is 0 Å². The van der Waals surface area contributed by atoms with Gasteiger partial charge in [0.05, 0.1) is 5.52 Å². The van der Waals surface area contributed by atoms with Gasteiger partial charge in [0.15, 0.2) is 11.7 Å². The molecule has 0 aliphatic carbocycles. The standard InChI is InChI=1S/C45H28N4/c1-3-12-28(13-4-1)30-22-31(29-14-5-2-6-15-29)24-32(23-30)38-26-39-35-17-8-10-19-37(35)43-40(42(39)36-18-9-7-16-34(36)38)25-33(27-47-43)44-48-41-20-11-21-46-45(41)49-44/h1-27,41H. The highest BCUT2D eigenvalue weighted by atomic mass is 15.1.